The summed E-state index contributed by atoms with van der Waals surface area (Å²) in [5.74, 6) is 1.27. The van der Waals surface area contributed by atoms with E-state index in [1.54, 1.807) is 0 Å². The average molecular weight is 337 g/mol. The van der Waals surface area contributed by atoms with Gasteiger partial charge in [0.15, 0.2) is 0 Å². The Morgan fingerprint density at radius 1 is 0.846 bits per heavy atom. The van der Waals surface area contributed by atoms with Crippen LogP contribution >= 0.6 is 0 Å². The third kappa shape index (κ3) is 2.46. The molecule has 1 heterocycles. The first kappa shape index (κ1) is 15.2. The van der Waals surface area contributed by atoms with Crippen molar-refractivity contribution >= 4 is 18.4 Å². The first-order valence-corrected chi connectivity index (χ1v) is 8.99. The zero-order valence-electron chi connectivity index (χ0n) is 14.4. The van der Waals surface area contributed by atoms with Gasteiger partial charge in [-0.05, 0) is 45.5 Å². The lowest BCUT2D eigenvalue weighted by atomic mass is 9.89. The summed E-state index contributed by atoms with van der Waals surface area (Å²) in [6.45, 7) is 0. The molecule has 0 amide bonds. The highest BCUT2D eigenvalue weighted by Gasteiger charge is 2.32. The van der Waals surface area contributed by atoms with Gasteiger partial charge in [-0.2, -0.15) is 0 Å². The van der Waals surface area contributed by atoms with Crippen LogP contribution in [0, 0.1) is 5.41 Å². The molecule has 5 rings (SSSR count). The standard InChI is InChI=1S/C24H19NO/c25-11-10-16-4-3-7-17(12-16)20-8-9-21-22-13-18-5-1-2-6-19(18)14-24(22)26-23(21)15-20/h1-9,11-15,22,24-25H,10H2. The number of fused-ring (bicyclic) bond motifs is 4. The van der Waals surface area contributed by atoms with Crippen LogP contribution in [0.5, 0.6) is 5.75 Å². The summed E-state index contributed by atoms with van der Waals surface area (Å²) < 4.78 is 6.28. The van der Waals surface area contributed by atoms with Crippen molar-refractivity contribution in [1.29, 1.82) is 5.41 Å². The lowest BCUT2D eigenvalue weighted by Gasteiger charge is -2.15. The number of rotatable bonds is 3. The quantitative estimate of drug-likeness (QED) is 0.727. The Kier molecular flexibility index (Phi) is 3.49. The van der Waals surface area contributed by atoms with Crippen LogP contribution in [0.15, 0.2) is 66.7 Å². The second-order valence-electron chi connectivity index (χ2n) is 6.93. The first-order valence-electron chi connectivity index (χ1n) is 8.99. The molecule has 2 unspecified atom stereocenters. The molecule has 1 aliphatic carbocycles. The summed E-state index contributed by atoms with van der Waals surface area (Å²) in [5, 5.41) is 9.85. The summed E-state index contributed by atoms with van der Waals surface area (Å²) in [4.78, 5) is 0. The molecular formula is C24H19NO. The number of hydrogen-bond acceptors (Lipinski definition) is 2. The van der Waals surface area contributed by atoms with Gasteiger partial charge in [-0.3, -0.25) is 0 Å². The van der Waals surface area contributed by atoms with Crippen LogP contribution in [0.3, 0.4) is 0 Å². The Morgan fingerprint density at radius 3 is 2.50 bits per heavy atom. The molecule has 2 aliphatic rings. The molecule has 3 aromatic carbocycles. The van der Waals surface area contributed by atoms with Crippen molar-refractivity contribution in [3.8, 4) is 16.9 Å². The van der Waals surface area contributed by atoms with E-state index < -0.39 is 0 Å². The maximum Gasteiger partial charge on any atom is 0.128 e. The molecule has 0 aromatic heterocycles. The van der Waals surface area contributed by atoms with Crippen molar-refractivity contribution in [2.75, 3.05) is 0 Å². The van der Waals surface area contributed by atoms with E-state index in [2.05, 4.69) is 78.9 Å². The van der Waals surface area contributed by atoms with Gasteiger partial charge >= 0.3 is 0 Å². The Bertz CT molecular complexity index is 1130. The van der Waals surface area contributed by atoms with E-state index in [0.29, 0.717) is 6.42 Å². The molecule has 0 saturated carbocycles. The highest BCUT2D eigenvalue weighted by molar-refractivity contribution is 5.71. The number of nitrogens with one attached hydrogen (secondary N) is 1. The van der Waals surface area contributed by atoms with Crippen LogP contribution in [0.25, 0.3) is 23.3 Å². The van der Waals surface area contributed by atoms with Gasteiger partial charge in [-0.15, -0.1) is 0 Å². The zero-order valence-corrected chi connectivity index (χ0v) is 14.4. The van der Waals surface area contributed by atoms with E-state index in [-0.39, 0.29) is 12.0 Å². The molecule has 1 N–H and O–H groups in total. The normalized spacial score (nSPS) is 19.2. The van der Waals surface area contributed by atoms with Gasteiger partial charge in [-0.25, -0.2) is 0 Å². The summed E-state index contributed by atoms with van der Waals surface area (Å²) in [6, 6.07) is 23.4. The third-order valence-corrected chi connectivity index (χ3v) is 5.29. The van der Waals surface area contributed by atoms with Crippen LogP contribution < -0.4 is 15.2 Å². The number of benzene rings is 3. The maximum atomic E-state index is 7.31. The highest BCUT2D eigenvalue weighted by atomic mass is 16.5. The fourth-order valence-electron chi connectivity index (χ4n) is 3.99. The molecule has 0 fully saturated rings. The Hall–Kier alpha value is -3.13. The van der Waals surface area contributed by atoms with Crippen molar-refractivity contribution in [2.45, 2.75) is 18.4 Å². The van der Waals surface area contributed by atoms with E-state index in [9.17, 15) is 0 Å². The topological polar surface area (TPSA) is 33.1 Å². The molecule has 0 bridgehead atoms. The molecule has 26 heavy (non-hydrogen) atoms. The van der Waals surface area contributed by atoms with Crippen LogP contribution in [0.1, 0.15) is 17.0 Å². The van der Waals surface area contributed by atoms with Crippen molar-refractivity contribution < 1.29 is 4.74 Å². The van der Waals surface area contributed by atoms with Crippen molar-refractivity contribution in [3.63, 3.8) is 0 Å². The summed E-state index contributed by atoms with van der Waals surface area (Å²) in [6.07, 6.45) is 6.76. The highest BCUT2D eigenvalue weighted by Crippen LogP contribution is 2.42. The van der Waals surface area contributed by atoms with Crippen LogP contribution in [-0.4, -0.2) is 12.3 Å². The predicted octanol–water partition coefficient (Wildman–Crippen LogP) is 3.67. The summed E-state index contributed by atoms with van der Waals surface area (Å²) >= 11 is 0. The molecule has 2 nitrogen and oxygen atoms in total. The lowest BCUT2D eigenvalue weighted by molar-refractivity contribution is 0.288. The Labute approximate surface area is 152 Å². The van der Waals surface area contributed by atoms with E-state index in [1.807, 2.05) is 0 Å². The van der Waals surface area contributed by atoms with Crippen molar-refractivity contribution in [3.05, 3.63) is 88.3 Å². The fourth-order valence-corrected chi connectivity index (χ4v) is 3.99. The zero-order chi connectivity index (χ0) is 17.5. The molecule has 0 spiro atoms. The largest absolute Gasteiger partial charge is 0.485 e. The molecule has 2 atom stereocenters. The monoisotopic (exact) mass is 337 g/mol. The minimum absolute atomic E-state index is 0.0828. The van der Waals surface area contributed by atoms with Gasteiger partial charge in [0.1, 0.15) is 11.9 Å². The van der Waals surface area contributed by atoms with Crippen LogP contribution in [-0.2, 0) is 6.42 Å². The Balaban J connectivity index is 1.55. The summed E-state index contributed by atoms with van der Waals surface area (Å²) in [5.41, 5.74) is 4.75. The van der Waals surface area contributed by atoms with Gasteiger partial charge < -0.3 is 10.1 Å². The molecule has 1 aliphatic heterocycles. The molecule has 0 radical (unpaired) electrons. The fraction of sp³-hybridized carbons (Fsp3) is 0.125. The summed E-state index contributed by atoms with van der Waals surface area (Å²) in [7, 11) is 0. The van der Waals surface area contributed by atoms with E-state index in [4.69, 9.17) is 10.1 Å². The van der Waals surface area contributed by atoms with E-state index in [0.717, 1.165) is 16.9 Å². The predicted molar refractivity (Wildman–Crippen MR) is 106 cm³/mol. The lowest BCUT2D eigenvalue weighted by Crippen LogP contribution is -2.33. The van der Waals surface area contributed by atoms with Crippen molar-refractivity contribution in [1.82, 2.24) is 0 Å². The molecule has 2 heteroatoms. The first-order chi connectivity index (χ1) is 12.8. The number of ether oxygens (including phenoxy) is 1. The smallest absolute Gasteiger partial charge is 0.128 e. The maximum absolute atomic E-state index is 7.31. The SMILES string of the molecule is N=CCc1cccc(-c2ccc3c(c2)OC2C=c4ccccc4=CC32)c1. The molecule has 126 valence electrons. The van der Waals surface area contributed by atoms with E-state index in [1.165, 1.54) is 27.8 Å². The van der Waals surface area contributed by atoms with Crippen LogP contribution in [0.2, 0.25) is 0 Å². The average Bonchev–Trinajstić information content (AvgIpc) is 3.03. The Morgan fingerprint density at radius 2 is 1.65 bits per heavy atom. The minimum Gasteiger partial charge on any atom is -0.485 e. The molecule has 0 saturated heterocycles. The van der Waals surface area contributed by atoms with Gasteiger partial charge in [0.25, 0.3) is 0 Å². The third-order valence-electron chi connectivity index (χ3n) is 5.29. The van der Waals surface area contributed by atoms with E-state index >= 15 is 0 Å². The van der Waals surface area contributed by atoms with Gasteiger partial charge in [0, 0.05) is 17.9 Å². The van der Waals surface area contributed by atoms with Crippen molar-refractivity contribution in [2.24, 2.45) is 0 Å². The molecular weight excluding hydrogens is 318 g/mol. The number of hydrogen-bond donors (Lipinski definition) is 1. The molecule has 3 aromatic rings. The second-order valence-corrected chi connectivity index (χ2v) is 6.93. The van der Waals surface area contributed by atoms with Crippen LogP contribution in [0.4, 0.5) is 0 Å². The minimum atomic E-state index is 0.0828. The van der Waals surface area contributed by atoms with Gasteiger partial charge in [0.2, 0.25) is 0 Å². The van der Waals surface area contributed by atoms with Gasteiger partial charge in [0.05, 0.1) is 0 Å². The van der Waals surface area contributed by atoms with Gasteiger partial charge in [-0.1, -0.05) is 66.7 Å². The second kappa shape index (κ2) is 5.99.